The molecule has 0 N–H and O–H groups in total. The molecule has 0 radical (unpaired) electrons. The van der Waals surface area contributed by atoms with E-state index in [0.29, 0.717) is 0 Å². The number of benzene rings is 12. The van der Waals surface area contributed by atoms with Gasteiger partial charge in [0.2, 0.25) is 0 Å². The van der Waals surface area contributed by atoms with Crippen molar-refractivity contribution in [3.8, 4) is 11.1 Å². The molecule has 4 nitrogen and oxygen atoms in total. The van der Waals surface area contributed by atoms with E-state index in [2.05, 4.69) is 361 Å². The lowest BCUT2D eigenvalue weighted by Crippen LogP contribution is -2.30. The summed E-state index contributed by atoms with van der Waals surface area (Å²) in [5, 5.41) is 0. The maximum absolute atomic E-state index is 2.66. The summed E-state index contributed by atoms with van der Waals surface area (Å²) >= 11 is 0. The van der Waals surface area contributed by atoms with Crippen LogP contribution in [-0.4, -0.2) is 0 Å². The Hall–Kier alpha value is -10.2. The zero-order chi connectivity index (χ0) is 76.6. The van der Waals surface area contributed by atoms with Crippen LogP contribution in [0.15, 0.2) is 231 Å². The van der Waals surface area contributed by atoms with Crippen LogP contribution < -0.4 is 19.6 Å². The Morgan fingerprint density at radius 3 is 0.450 bits per heavy atom. The van der Waals surface area contributed by atoms with Gasteiger partial charge in [0.15, 0.2) is 0 Å². The van der Waals surface area contributed by atoms with Gasteiger partial charge >= 0.3 is 0 Å². The van der Waals surface area contributed by atoms with Gasteiger partial charge in [-0.3, -0.25) is 0 Å². The van der Waals surface area contributed by atoms with Gasteiger partial charge in [0.1, 0.15) is 0 Å². The van der Waals surface area contributed by atoms with E-state index in [1.165, 1.54) is 168 Å². The smallest absolute Gasteiger partial charge is 0.0716 e. The Labute approximate surface area is 655 Å². The largest absolute Gasteiger partial charge is 0.310 e. The van der Waals surface area contributed by atoms with Crippen LogP contribution in [0.3, 0.4) is 0 Å². The molecule has 1 aliphatic carbocycles. The highest BCUT2D eigenvalue weighted by molar-refractivity contribution is 5.93. The molecule has 0 saturated heterocycles. The molecule has 0 spiro atoms. The van der Waals surface area contributed by atoms with Gasteiger partial charge in [0.05, 0.1) is 5.41 Å². The lowest BCUT2D eigenvalue weighted by atomic mass is 9.67. The molecule has 4 heteroatoms. The summed E-state index contributed by atoms with van der Waals surface area (Å²) in [5.41, 5.74) is 41.5. The predicted molar refractivity (Wildman–Crippen MR) is 473 cm³/mol. The minimum absolute atomic E-state index is 0.920. The van der Waals surface area contributed by atoms with E-state index >= 15 is 0 Å². The molecule has 0 amide bonds. The molecule has 0 unspecified atom stereocenters. The molecular formula is C105H118N4. The first-order valence-electron chi connectivity index (χ1n) is 41.9. The Kier molecular flexibility index (Phi) is 24.2. The average molecular weight is 1440 g/mol. The maximum Gasteiger partial charge on any atom is 0.0716 e. The molecule has 12 aromatic carbocycles. The molecular weight excluding hydrogens is 1320 g/mol. The molecule has 558 valence electrons. The van der Waals surface area contributed by atoms with Crippen LogP contribution in [0.2, 0.25) is 0 Å². The first kappa shape index (κ1) is 77.0. The minimum Gasteiger partial charge on any atom is -0.310 e. The fourth-order valence-electron chi connectivity index (χ4n) is 17.2. The van der Waals surface area contributed by atoms with Crippen LogP contribution in [-0.2, 0) is 108 Å². The van der Waals surface area contributed by atoms with Crippen LogP contribution in [0.25, 0.3) is 11.1 Å². The summed E-state index contributed by atoms with van der Waals surface area (Å²) in [4.78, 5) is 10.6. The van der Waals surface area contributed by atoms with Crippen molar-refractivity contribution in [3.05, 3.63) is 342 Å². The van der Waals surface area contributed by atoms with E-state index in [9.17, 15) is 0 Å². The molecule has 0 bridgehead atoms. The standard InChI is InChI=1S/C105H118N4/c1-17-71-41-72(18-2)50-89(49-71)106(90-51-73(19-3)42-74(20-4)52-90)97-65-87(66-98(69-97)107(91-53-75(21-5)43-76(22-6)54-91)92-55-77(23-7)44-78(24-8)56-92)105(103-39-35-33-37-101(103)102-38-34-36-40-104(102)105)88-67-99(108(93-57-79(25-9)45-80(26-10)58-93)94-59-81(27-11)46-82(28-12)60-94)70-100(68-88)109(95-61-83(29-13)47-84(30-14)62-95)96-63-85(31-15)48-86(32-16)64-96/h33-70H,17-32H2,1-16H3. The molecule has 12 aromatic rings. The number of anilines is 12. The van der Waals surface area contributed by atoms with Crippen LogP contribution in [0.4, 0.5) is 68.2 Å². The number of nitrogens with zero attached hydrogens (tertiary/aromatic N) is 4. The Morgan fingerprint density at radius 1 is 0.165 bits per heavy atom. The summed E-state index contributed by atoms with van der Waals surface area (Å²) in [7, 11) is 0. The van der Waals surface area contributed by atoms with Crippen molar-refractivity contribution in [3.63, 3.8) is 0 Å². The van der Waals surface area contributed by atoms with Crippen molar-refractivity contribution in [2.75, 3.05) is 19.6 Å². The number of fused-ring (bicyclic) bond motifs is 3. The van der Waals surface area contributed by atoms with Crippen LogP contribution in [0.5, 0.6) is 0 Å². The van der Waals surface area contributed by atoms with Crippen LogP contribution in [0, 0.1) is 0 Å². The fraction of sp³-hybridized carbons (Fsp3) is 0.314. The van der Waals surface area contributed by atoms with E-state index in [4.69, 9.17) is 0 Å². The molecule has 0 saturated carbocycles. The van der Waals surface area contributed by atoms with Gasteiger partial charge in [-0.2, -0.15) is 0 Å². The van der Waals surface area contributed by atoms with E-state index in [1.807, 2.05) is 0 Å². The third-order valence-electron chi connectivity index (χ3n) is 23.6. The zero-order valence-corrected chi connectivity index (χ0v) is 68.5. The van der Waals surface area contributed by atoms with Crippen molar-refractivity contribution in [1.29, 1.82) is 0 Å². The first-order chi connectivity index (χ1) is 53.1. The summed E-state index contributed by atoms with van der Waals surface area (Å²) in [6.45, 7) is 37.1. The highest BCUT2D eigenvalue weighted by Gasteiger charge is 2.48. The highest BCUT2D eigenvalue weighted by atomic mass is 15.2. The van der Waals surface area contributed by atoms with Crippen LogP contribution >= 0.6 is 0 Å². The summed E-state index contributed by atoms with van der Waals surface area (Å²) in [6, 6.07) is 94.0. The number of aryl methyl sites for hydroxylation is 16. The predicted octanol–water partition coefficient (Wildman–Crippen LogP) is 28.9. The Balaban J connectivity index is 1.29. The summed E-state index contributed by atoms with van der Waals surface area (Å²) in [5.74, 6) is 0. The van der Waals surface area contributed by atoms with Crippen molar-refractivity contribution < 1.29 is 0 Å². The van der Waals surface area contributed by atoms with Gasteiger partial charge in [-0.25, -0.2) is 0 Å². The third-order valence-corrected chi connectivity index (χ3v) is 23.6. The molecule has 13 rings (SSSR count). The van der Waals surface area contributed by atoms with Crippen molar-refractivity contribution >= 4 is 68.2 Å². The number of rotatable bonds is 30. The molecule has 0 aliphatic heterocycles. The molecule has 0 fully saturated rings. The van der Waals surface area contributed by atoms with Crippen molar-refractivity contribution in [2.24, 2.45) is 0 Å². The van der Waals surface area contributed by atoms with E-state index in [1.54, 1.807) is 0 Å². The zero-order valence-electron chi connectivity index (χ0n) is 68.5. The normalized spacial score (nSPS) is 12.1. The lowest BCUT2D eigenvalue weighted by molar-refractivity contribution is 0.768. The maximum atomic E-state index is 2.66. The van der Waals surface area contributed by atoms with Gasteiger partial charge < -0.3 is 19.6 Å². The minimum atomic E-state index is -0.976. The second-order valence-corrected chi connectivity index (χ2v) is 30.4. The fourth-order valence-corrected chi connectivity index (χ4v) is 17.2. The van der Waals surface area contributed by atoms with Gasteiger partial charge in [-0.15, -0.1) is 0 Å². The molecule has 0 atom stereocenters. The van der Waals surface area contributed by atoms with Gasteiger partial charge in [-0.05, 0) is 359 Å². The topological polar surface area (TPSA) is 13.0 Å². The highest BCUT2D eigenvalue weighted by Crippen LogP contribution is 2.60. The van der Waals surface area contributed by atoms with Crippen molar-refractivity contribution in [1.82, 2.24) is 0 Å². The van der Waals surface area contributed by atoms with E-state index in [0.717, 1.165) is 125 Å². The second kappa shape index (κ2) is 34.2. The molecule has 0 heterocycles. The first-order valence-corrected chi connectivity index (χ1v) is 41.9. The monoisotopic (exact) mass is 1430 g/mol. The van der Waals surface area contributed by atoms with Gasteiger partial charge in [0, 0.05) is 68.2 Å². The average Bonchev–Trinajstić information content (AvgIpc) is 1.55. The second-order valence-electron chi connectivity index (χ2n) is 30.4. The SMILES string of the molecule is CCc1cc(CC)cc(N(c2cc(CC)cc(CC)c2)c2cc(N(c3cc(CC)cc(CC)c3)c3cc(CC)cc(CC)c3)cc(C3(c4cc(N(c5cc(CC)cc(CC)c5)c5cc(CC)cc(CC)c5)cc(N(c5cc(CC)cc(CC)c5)c5cc(CC)cc(CC)c5)c4)c4ccccc4-c4ccccc43)c2)c1. The number of hydrogen-bond donors (Lipinski definition) is 0. The molecule has 109 heavy (non-hydrogen) atoms. The van der Waals surface area contributed by atoms with E-state index in [-0.39, 0.29) is 0 Å². The van der Waals surface area contributed by atoms with Crippen molar-refractivity contribution in [2.45, 2.75) is 219 Å². The summed E-state index contributed by atoms with van der Waals surface area (Å²) in [6.07, 6.45) is 14.7. The quantitative estimate of drug-likeness (QED) is 0.0445. The van der Waals surface area contributed by atoms with Gasteiger partial charge in [-0.1, -0.05) is 208 Å². The van der Waals surface area contributed by atoms with Gasteiger partial charge in [0.25, 0.3) is 0 Å². The lowest BCUT2D eigenvalue weighted by Gasteiger charge is -2.39. The number of hydrogen-bond acceptors (Lipinski definition) is 4. The molecule has 0 aromatic heterocycles. The Morgan fingerprint density at radius 2 is 0.303 bits per heavy atom. The third kappa shape index (κ3) is 15.6. The summed E-state index contributed by atoms with van der Waals surface area (Å²) < 4.78 is 0. The van der Waals surface area contributed by atoms with E-state index < -0.39 is 5.41 Å². The van der Waals surface area contributed by atoms with Crippen LogP contribution in [0.1, 0.15) is 222 Å². The molecule has 1 aliphatic rings. The Bertz CT molecular complexity index is 4240.